The second kappa shape index (κ2) is 9.57. The molecule has 2 amide bonds. The van der Waals surface area contributed by atoms with Crippen molar-refractivity contribution in [3.8, 4) is 5.75 Å². The standard InChI is InChI=1S/C22H25N3O6/c1-12-5-8-18(23-10-12)25-21(27)24-17-9-16(17)19-13(2)6-7-15(14(3)26)20(19)31-22(28)30-11-29-4/h5-8,10,16-17H,9,11H2,1-4H3,(H2,23,24,25,27). The van der Waals surface area contributed by atoms with Crippen molar-refractivity contribution in [2.45, 2.75) is 39.2 Å². The molecule has 0 bridgehead atoms. The molecule has 0 aliphatic heterocycles. The Morgan fingerprint density at radius 1 is 1.16 bits per heavy atom. The maximum Gasteiger partial charge on any atom is 0.516 e. The monoisotopic (exact) mass is 427 g/mol. The fourth-order valence-electron chi connectivity index (χ4n) is 3.30. The lowest BCUT2D eigenvalue weighted by molar-refractivity contribution is -0.00793. The number of pyridine rings is 1. The Labute approximate surface area is 180 Å². The Morgan fingerprint density at radius 3 is 2.58 bits per heavy atom. The summed E-state index contributed by atoms with van der Waals surface area (Å²) in [6, 6.07) is 6.42. The van der Waals surface area contributed by atoms with Gasteiger partial charge in [0.1, 0.15) is 11.6 Å². The van der Waals surface area contributed by atoms with Crippen LogP contribution in [0.1, 0.15) is 46.3 Å². The molecule has 2 aromatic rings. The van der Waals surface area contributed by atoms with Gasteiger partial charge in [0.05, 0.1) is 5.56 Å². The fraction of sp³-hybridized carbons (Fsp3) is 0.364. The van der Waals surface area contributed by atoms with Crippen LogP contribution in [0.25, 0.3) is 0 Å². The number of Topliss-reactive ketones (excluding diaryl/α,β-unsaturated/α-hetero) is 1. The summed E-state index contributed by atoms with van der Waals surface area (Å²) in [6.45, 7) is 4.90. The molecule has 164 valence electrons. The van der Waals surface area contributed by atoms with Crippen molar-refractivity contribution in [1.82, 2.24) is 10.3 Å². The van der Waals surface area contributed by atoms with Gasteiger partial charge in [0.25, 0.3) is 0 Å². The van der Waals surface area contributed by atoms with Gasteiger partial charge < -0.3 is 19.5 Å². The van der Waals surface area contributed by atoms with E-state index >= 15 is 0 Å². The zero-order valence-electron chi connectivity index (χ0n) is 17.9. The third-order valence-corrected chi connectivity index (χ3v) is 4.90. The quantitative estimate of drug-likeness (QED) is 0.300. The van der Waals surface area contributed by atoms with Gasteiger partial charge in [-0.2, -0.15) is 0 Å². The van der Waals surface area contributed by atoms with Gasteiger partial charge in [-0.3, -0.25) is 10.1 Å². The van der Waals surface area contributed by atoms with Crippen LogP contribution in [0.3, 0.4) is 0 Å². The normalized spacial score (nSPS) is 16.9. The number of hydrogen-bond acceptors (Lipinski definition) is 7. The van der Waals surface area contributed by atoms with E-state index in [0.717, 1.165) is 11.1 Å². The van der Waals surface area contributed by atoms with E-state index in [1.54, 1.807) is 24.4 Å². The van der Waals surface area contributed by atoms with Crippen LogP contribution in [0.2, 0.25) is 0 Å². The molecule has 1 aromatic heterocycles. The minimum atomic E-state index is -0.968. The van der Waals surface area contributed by atoms with Crippen molar-refractivity contribution in [2.75, 3.05) is 19.2 Å². The van der Waals surface area contributed by atoms with E-state index in [4.69, 9.17) is 14.2 Å². The first-order valence-electron chi connectivity index (χ1n) is 9.78. The number of rotatable bonds is 7. The van der Waals surface area contributed by atoms with Crippen molar-refractivity contribution >= 4 is 23.8 Å². The molecule has 2 N–H and O–H groups in total. The number of aromatic nitrogens is 1. The van der Waals surface area contributed by atoms with Crippen LogP contribution >= 0.6 is 0 Å². The van der Waals surface area contributed by atoms with Gasteiger partial charge in [0, 0.05) is 30.8 Å². The molecule has 0 radical (unpaired) electrons. The zero-order valence-corrected chi connectivity index (χ0v) is 17.9. The Kier molecular flexibility index (Phi) is 6.86. The van der Waals surface area contributed by atoms with Crippen LogP contribution < -0.4 is 15.4 Å². The number of amides is 2. The third kappa shape index (κ3) is 5.58. The molecule has 31 heavy (non-hydrogen) atoms. The molecule has 0 spiro atoms. The number of anilines is 1. The van der Waals surface area contributed by atoms with Crippen molar-refractivity contribution in [1.29, 1.82) is 0 Å². The molecular formula is C22H25N3O6. The smallest absolute Gasteiger partial charge is 0.407 e. The molecule has 1 aliphatic carbocycles. The number of ketones is 1. The molecule has 1 saturated carbocycles. The van der Waals surface area contributed by atoms with Gasteiger partial charge in [-0.25, -0.2) is 14.6 Å². The van der Waals surface area contributed by atoms with Crippen LogP contribution in [-0.4, -0.2) is 42.9 Å². The summed E-state index contributed by atoms with van der Waals surface area (Å²) in [7, 11) is 1.38. The Hall–Kier alpha value is -3.46. The van der Waals surface area contributed by atoms with Gasteiger partial charge in [-0.05, 0) is 50.5 Å². The van der Waals surface area contributed by atoms with E-state index in [0.29, 0.717) is 17.8 Å². The molecule has 2 unspecified atom stereocenters. The van der Waals surface area contributed by atoms with Crippen molar-refractivity contribution in [3.05, 3.63) is 52.7 Å². The predicted molar refractivity (Wildman–Crippen MR) is 112 cm³/mol. The summed E-state index contributed by atoms with van der Waals surface area (Å²) in [5.41, 5.74) is 2.80. The molecule has 0 saturated heterocycles. The number of hydrogen-bond donors (Lipinski definition) is 2. The summed E-state index contributed by atoms with van der Waals surface area (Å²) in [5, 5.41) is 5.58. The molecule has 1 aromatic carbocycles. The summed E-state index contributed by atoms with van der Waals surface area (Å²) in [6.07, 6.45) is 1.34. The molecule has 1 heterocycles. The van der Waals surface area contributed by atoms with Gasteiger partial charge in [-0.15, -0.1) is 0 Å². The lowest BCUT2D eigenvalue weighted by atomic mass is 9.97. The molecule has 1 aliphatic rings. The molecule has 9 heteroatoms. The van der Waals surface area contributed by atoms with Crippen LogP contribution in [0.5, 0.6) is 5.75 Å². The highest BCUT2D eigenvalue weighted by Crippen LogP contribution is 2.47. The van der Waals surface area contributed by atoms with E-state index in [1.807, 2.05) is 19.9 Å². The highest BCUT2D eigenvalue weighted by molar-refractivity contribution is 5.98. The Balaban J connectivity index is 1.75. The number of nitrogens with zero attached hydrogens (tertiary/aromatic N) is 1. The van der Waals surface area contributed by atoms with Crippen molar-refractivity contribution in [2.24, 2.45) is 0 Å². The second-order valence-electron chi connectivity index (χ2n) is 7.40. The first kappa shape index (κ1) is 22.2. The number of aryl methyl sites for hydroxylation is 2. The summed E-state index contributed by atoms with van der Waals surface area (Å²) < 4.78 is 14.9. The van der Waals surface area contributed by atoms with Gasteiger partial charge in [0.15, 0.2) is 12.6 Å². The third-order valence-electron chi connectivity index (χ3n) is 4.90. The first-order valence-corrected chi connectivity index (χ1v) is 9.78. The molecule has 2 atom stereocenters. The topological polar surface area (TPSA) is 116 Å². The second-order valence-corrected chi connectivity index (χ2v) is 7.40. The highest BCUT2D eigenvalue weighted by atomic mass is 16.8. The summed E-state index contributed by atoms with van der Waals surface area (Å²) >= 11 is 0. The van der Waals surface area contributed by atoms with Crippen molar-refractivity contribution < 1.29 is 28.6 Å². The minimum absolute atomic E-state index is 0.110. The lowest BCUT2D eigenvalue weighted by Crippen LogP contribution is -2.31. The molecular weight excluding hydrogens is 402 g/mol. The molecule has 1 fully saturated rings. The van der Waals surface area contributed by atoms with Crippen molar-refractivity contribution in [3.63, 3.8) is 0 Å². The van der Waals surface area contributed by atoms with E-state index < -0.39 is 6.16 Å². The van der Waals surface area contributed by atoms with E-state index in [1.165, 1.54) is 14.0 Å². The number of carbonyl (C=O) groups excluding carboxylic acids is 3. The molecule has 9 nitrogen and oxygen atoms in total. The van der Waals surface area contributed by atoms with Crippen LogP contribution in [0.15, 0.2) is 30.5 Å². The summed E-state index contributed by atoms with van der Waals surface area (Å²) in [4.78, 5) is 40.6. The van der Waals surface area contributed by atoms with E-state index in [-0.39, 0.29) is 41.9 Å². The van der Waals surface area contributed by atoms with Gasteiger partial charge >= 0.3 is 12.2 Å². The van der Waals surface area contributed by atoms with Crippen LogP contribution in [-0.2, 0) is 9.47 Å². The maximum absolute atomic E-state index is 12.3. The average Bonchev–Trinajstić information content (AvgIpc) is 3.46. The van der Waals surface area contributed by atoms with Crippen LogP contribution in [0.4, 0.5) is 15.4 Å². The van der Waals surface area contributed by atoms with Gasteiger partial charge in [-0.1, -0.05) is 12.1 Å². The number of methoxy groups -OCH3 is 1. The predicted octanol–water partition coefficient (Wildman–Crippen LogP) is 3.70. The Morgan fingerprint density at radius 2 is 1.94 bits per heavy atom. The number of benzene rings is 1. The number of ether oxygens (including phenoxy) is 3. The number of nitrogens with one attached hydrogen (secondary N) is 2. The minimum Gasteiger partial charge on any atom is -0.407 e. The van der Waals surface area contributed by atoms with E-state index in [9.17, 15) is 14.4 Å². The summed E-state index contributed by atoms with van der Waals surface area (Å²) in [5.74, 6) is 0.244. The lowest BCUT2D eigenvalue weighted by Gasteiger charge is -2.16. The molecule has 3 rings (SSSR count). The zero-order chi connectivity index (χ0) is 22.5. The van der Waals surface area contributed by atoms with E-state index in [2.05, 4.69) is 15.6 Å². The van der Waals surface area contributed by atoms with Gasteiger partial charge in [0.2, 0.25) is 0 Å². The largest absolute Gasteiger partial charge is 0.516 e. The highest BCUT2D eigenvalue weighted by Gasteiger charge is 2.43. The average molecular weight is 427 g/mol. The fourth-order valence-corrected chi connectivity index (χ4v) is 3.30. The Bertz CT molecular complexity index is 989. The number of urea groups is 1. The SMILES string of the molecule is COCOC(=O)Oc1c(C(C)=O)ccc(C)c1C1CC1NC(=O)Nc1ccc(C)cn1. The first-order chi connectivity index (χ1) is 14.8. The van der Waals surface area contributed by atoms with Crippen LogP contribution in [0, 0.1) is 13.8 Å². The number of carbonyl (C=O) groups is 3. The maximum atomic E-state index is 12.3.